The number of H-pyrrole nitrogens is 1. The van der Waals surface area contributed by atoms with E-state index in [2.05, 4.69) is 19.9 Å². The first-order valence-electron chi connectivity index (χ1n) is 3.96. The maximum atomic E-state index is 5.88. The van der Waals surface area contributed by atoms with Crippen LogP contribution in [0.1, 0.15) is 5.69 Å². The van der Waals surface area contributed by atoms with Crippen molar-refractivity contribution in [1.82, 2.24) is 19.9 Å². The molecule has 0 unspecified atom stereocenters. The third-order valence-electron chi connectivity index (χ3n) is 1.77. The molecule has 6 heteroatoms. The van der Waals surface area contributed by atoms with Crippen molar-refractivity contribution in [2.45, 2.75) is 6.92 Å². The fourth-order valence-electron chi connectivity index (χ4n) is 1.14. The van der Waals surface area contributed by atoms with Gasteiger partial charge in [-0.1, -0.05) is 11.6 Å². The molecule has 0 amide bonds. The smallest absolute Gasteiger partial charge is 0.145 e. The van der Waals surface area contributed by atoms with Crippen LogP contribution in [0.4, 0.5) is 5.82 Å². The highest BCUT2D eigenvalue weighted by molar-refractivity contribution is 6.32. The lowest BCUT2D eigenvalue weighted by molar-refractivity contribution is 1.16. The highest BCUT2D eigenvalue weighted by Gasteiger charge is 2.12. The van der Waals surface area contributed by atoms with Gasteiger partial charge in [-0.3, -0.25) is 0 Å². The Labute approximate surface area is 85.4 Å². The van der Waals surface area contributed by atoms with Crippen molar-refractivity contribution in [3.63, 3.8) is 0 Å². The predicted octanol–water partition coefficient (Wildman–Crippen LogP) is 1.41. The van der Waals surface area contributed by atoms with Crippen LogP contribution in [0.2, 0.25) is 5.15 Å². The van der Waals surface area contributed by atoms with E-state index in [9.17, 15) is 0 Å². The van der Waals surface area contributed by atoms with Crippen LogP contribution in [-0.4, -0.2) is 19.9 Å². The van der Waals surface area contributed by atoms with Gasteiger partial charge in [0.05, 0.1) is 5.56 Å². The second-order valence-electron chi connectivity index (χ2n) is 2.84. The minimum absolute atomic E-state index is 0.298. The molecule has 0 aromatic carbocycles. The second-order valence-corrected chi connectivity index (χ2v) is 3.20. The predicted molar refractivity (Wildman–Crippen MR) is 53.8 cm³/mol. The van der Waals surface area contributed by atoms with Gasteiger partial charge in [-0.15, -0.1) is 0 Å². The first-order valence-corrected chi connectivity index (χ1v) is 4.34. The quantitative estimate of drug-likeness (QED) is 0.696. The lowest BCUT2D eigenvalue weighted by Crippen LogP contribution is -1.97. The minimum Gasteiger partial charge on any atom is -0.383 e. The number of anilines is 1. The van der Waals surface area contributed by atoms with E-state index in [0.29, 0.717) is 22.4 Å². The Morgan fingerprint density at radius 2 is 2.14 bits per heavy atom. The van der Waals surface area contributed by atoms with Crippen molar-refractivity contribution in [2.75, 3.05) is 5.73 Å². The number of rotatable bonds is 1. The molecule has 72 valence electrons. The first-order chi connectivity index (χ1) is 6.68. The van der Waals surface area contributed by atoms with Gasteiger partial charge in [-0.05, 0) is 6.92 Å². The number of nitrogens with one attached hydrogen (secondary N) is 1. The fraction of sp³-hybridized carbons (Fsp3) is 0.125. The molecule has 0 radical (unpaired) electrons. The molecular formula is C8H8ClN5. The average molecular weight is 210 g/mol. The van der Waals surface area contributed by atoms with Crippen LogP contribution in [0.5, 0.6) is 0 Å². The van der Waals surface area contributed by atoms with Gasteiger partial charge in [0.25, 0.3) is 0 Å². The van der Waals surface area contributed by atoms with Crippen LogP contribution in [0.25, 0.3) is 11.4 Å². The molecule has 0 fully saturated rings. The molecule has 0 saturated heterocycles. The number of nitrogens with zero attached hydrogens (tertiary/aromatic N) is 3. The van der Waals surface area contributed by atoms with Crippen molar-refractivity contribution >= 4 is 17.4 Å². The summed E-state index contributed by atoms with van der Waals surface area (Å²) in [6, 6.07) is 0. The molecule has 2 rings (SSSR count). The van der Waals surface area contributed by atoms with Gasteiger partial charge in [-0.25, -0.2) is 15.0 Å². The zero-order valence-corrected chi connectivity index (χ0v) is 8.21. The molecule has 0 bridgehead atoms. The van der Waals surface area contributed by atoms with E-state index in [-0.39, 0.29) is 0 Å². The largest absolute Gasteiger partial charge is 0.383 e. The van der Waals surface area contributed by atoms with Crippen molar-refractivity contribution in [3.8, 4) is 11.4 Å². The van der Waals surface area contributed by atoms with Crippen LogP contribution < -0.4 is 5.73 Å². The van der Waals surface area contributed by atoms with Gasteiger partial charge in [0.2, 0.25) is 0 Å². The van der Waals surface area contributed by atoms with E-state index >= 15 is 0 Å². The number of nitrogens with two attached hydrogens (primary N) is 1. The van der Waals surface area contributed by atoms with E-state index in [1.165, 1.54) is 6.33 Å². The SMILES string of the molecule is Cc1cnc(-c2c(N)ncnc2Cl)[nH]1. The van der Waals surface area contributed by atoms with E-state index in [0.717, 1.165) is 5.69 Å². The summed E-state index contributed by atoms with van der Waals surface area (Å²) in [5, 5.41) is 0.298. The van der Waals surface area contributed by atoms with Gasteiger partial charge < -0.3 is 10.7 Å². The van der Waals surface area contributed by atoms with Gasteiger partial charge in [0, 0.05) is 11.9 Å². The van der Waals surface area contributed by atoms with Gasteiger partial charge in [0.1, 0.15) is 23.1 Å². The average Bonchev–Trinajstić information content (AvgIpc) is 2.51. The highest BCUT2D eigenvalue weighted by atomic mass is 35.5. The zero-order chi connectivity index (χ0) is 10.1. The van der Waals surface area contributed by atoms with E-state index in [4.69, 9.17) is 17.3 Å². The van der Waals surface area contributed by atoms with Gasteiger partial charge in [0.15, 0.2) is 0 Å². The van der Waals surface area contributed by atoms with Crippen LogP contribution in [0.15, 0.2) is 12.5 Å². The lowest BCUT2D eigenvalue weighted by atomic mass is 10.3. The number of hydrogen-bond acceptors (Lipinski definition) is 4. The molecule has 2 aromatic heterocycles. The standard InChI is InChI=1S/C8H8ClN5/c1-4-2-11-8(14-4)5-6(9)12-3-13-7(5)10/h2-3H,1H3,(H,11,14)(H2,10,12,13). The van der Waals surface area contributed by atoms with E-state index in [1.807, 2.05) is 6.92 Å². The highest BCUT2D eigenvalue weighted by Crippen LogP contribution is 2.27. The molecular weight excluding hydrogens is 202 g/mol. The molecule has 0 atom stereocenters. The normalized spacial score (nSPS) is 10.4. The van der Waals surface area contributed by atoms with Crippen LogP contribution in [-0.2, 0) is 0 Å². The summed E-state index contributed by atoms with van der Waals surface area (Å²) in [5.74, 6) is 0.907. The summed E-state index contributed by atoms with van der Waals surface area (Å²) >= 11 is 5.88. The topological polar surface area (TPSA) is 80.5 Å². The Hall–Kier alpha value is -1.62. The Kier molecular flexibility index (Phi) is 2.09. The third-order valence-corrected chi connectivity index (χ3v) is 2.06. The number of aryl methyl sites for hydroxylation is 1. The molecule has 14 heavy (non-hydrogen) atoms. The molecule has 2 aromatic rings. The molecule has 0 aliphatic rings. The van der Waals surface area contributed by atoms with Crippen LogP contribution >= 0.6 is 11.6 Å². The number of nitrogen functional groups attached to an aromatic ring is 1. The van der Waals surface area contributed by atoms with Crippen molar-refractivity contribution in [3.05, 3.63) is 23.4 Å². The Morgan fingerprint density at radius 1 is 1.36 bits per heavy atom. The molecule has 3 N–H and O–H groups in total. The number of imidazole rings is 1. The summed E-state index contributed by atoms with van der Waals surface area (Å²) in [6.07, 6.45) is 3.01. The molecule has 5 nitrogen and oxygen atoms in total. The summed E-state index contributed by atoms with van der Waals surface area (Å²) in [6.45, 7) is 1.89. The molecule has 0 aliphatic heterocycles. The summed E-state index contributed by atoms with van der Waals surface area (Å²) in [7, 11) is 0. The number of halogens is 1. The van der Waals surface area contributed by atoms with Gasteiger partial charge in [-0.2, -0.15) is 0 Å². The molecule has 0 spiro atoms. The summed E-state index contributed by atoms with van der Waals surface area (Å²) in [5.41, 5.74) is 7.14. The Morgan fingerprint density at radius 3 is 2.71 bits per heavy atom. The van der Waals surface area contributed by atoms with Crippen molar-refractivity contribution in [1.29, 1.82) is 0 Å². The van der Waals surface area contributed by atoms with E-state index in [1.54, 1.807) is 6.20 Å². The van der Waals surface area contributed by atoms with Gasteiger partial charge >= 0.3 is 0 Å². The first kappa shape index (κ1) is 8.96. The Balaban J connectivity index is 2.61. The molecule has 0 aliphatic carbocycles. The third kappa shape index (κ3) is 1.42. The maximum absolute atomic E-state index is 5.88. The van der Waals surface area contributed by atoms with Crippen LogP contribution in [0.3, 0.4) is 0 Å². The number of hydrogen-bond donors (Lipinski definition) is 2. The van der Waals surface area contributed by atoms with Crippen molar-refractivity contribution in [2.24, 2.45) is 0 Å². The van der Waals surface area contributed by atoms with E-state index < -0.39 is 0 Å². The second kappa shape index (κ2) is 3.26. The molecule has 0 saturated carbocycles. The minimum atomic E-state index is 0.298. The summed E-state index contributed by atoms with van der Waals surface area (Å²) < 4.78 is 0. The fourth-order valence-corrected chi connectivity index (χ4v) is 1.37. The number of aromatic amines is 1. The monoisotopic (exact) mass is 209 g/mol. The summed E-state index contributed by atoms with van der Waals surface area (Å²) in [4.78, 5) is 14.8. The number of aromatic nitrogens is 4. The maximum Gasteiger partial charge on any atom is 0.145 e. The Bertz CT molecular complexity index is 444. The zero-order valence-electron chi connectivity index (χ0n) is 7.45. The van der Waals surface area contributed by atoms with Crippen LogP contribution in [0, 0.1) is 6.92 Å². The molecule has 2 heterocycles. The van der Waals surface area contributed by atoms with Crippen molar-refractivity contribution < 1.29 is 0 Å². The lowest BCUT2D eigenvalue weighted by Gasteiger charge is -2.01.